The largest absolute Gasteiger partial charge is 0.490 e. The van der Waals surface area contributed by atoms with Crippen LogP contribution in [0.4, 0.5) is 0 Å². The van der Waals surface area contributed by atoms with E-state index in [9.17, 15) is 4.79 Å². The number of ether oxygens (including phenoxy) is 3. The minimum absolute atomic E-state index is 0.190. The van der Waals surface area contributed by atoms with E-state index in [4.69, 9.17) is 14.2 Å². The van der Waals surface area contributed by atoms with Crippen LogP contribution >= 0.6 is 0 Å². The number of carbonyl (C=O) groups is 1. The summed E-state index contributed by atoms with van der Waals surface area (Å²) in [4.78, 5) is 11.8. The predicted molar refractivity (Wildman–Crippen MR) is 80.2 cm³/mol. The summed E-state index contributed by atoms with van der Waals surface area (Å²) in [5, 5.41) is 0. The second-order valence-electron chi connectivity index (χ2n) is 5.82. The summed E-state index contributed by atoms with van der Waals surface area (Å²) >= 11 is 0. The number of hydrogen-bond donors (Lipinski definition) is 0. The Morgan fingerprint density at radius 2 is 1.86 bits per heavy atom. The molecule has 1 unspecified atom stereocenters. The van der Waals surface area contributed by atoms with Crippen LogP contribution in [-0.4, -0.2) is 18.4 Å². The van der Waals surface area contributed by atoms with Crippen molar-refractivity contribution in [2.45, 2.75) is 58.2 Å². The summed E-state index contributed by atoms with van der Waals surface area (Å²) in [6.45, 7) is 7.16. The summed E-state index contributed by atoms with van der Waals surface area (Å²) in [6.07, 6.45) is 10.2. The number of carbonyl (C=O) groups excluding carboxylic acids is 1. The monoisotopic (exact) mass is 292 g/mol. The van der Waals surface area contributed by atoms with E-state index in [2.05, 4.69) is 12.7 Å². The van der Waals surface area contributed by atoms with Gasteiger partial charge in [0, 0.05) is 25.3 Å². The highest BCUT2D eigenvalue weighted by atomic mass is 16.7. The van der Waals surface area contributed by atoms with Gasteiger partial charge in [-0.1, -0.05) is 6.58 Å². The van der Waals surface area contributed by atoms with Gasteiger partial charge in [0.15, 0.2) is 6.61 Å². The highest BCUT2D eigenvalue weighted by Crippen LogP contribution is 2.28. The van der Waals surface area contributed by atoms with Crippen LogP contribution in [0.2, 0.25) is 0 Å². The molecule has 116 valence electrons. The molecule has 0 aromatic heterocycles. The molecule has 0 radical (unpaired) electrons. The van der Waals surface area contributed by atoms with E-state index in [0.717, 1.165) is 50.0 Å². The molecule has 4 heteroatoms. The molecule has 2 aliphatic carbocycles. The van der Waals surface area contributed by atoms with Crippen LogP contribution in [0.15, 0.2) is 35.8 Å². The zero-order chi connectivity index (χ0) is 15.3. The molecule has 1 atom stereocenters. The molecule has 4 nitrogen and oxygen atoms in total. The van der Waals surface area contributed by atoms with Crippen molar-refractivity contribution in [3.63, 3.8) is 0 Å². The fourth-order valence-electron chi connectivity index (χ4n) is 2.37. The van der Waals surface area contributed by atoms with Crippen LogP contribution in [0.1, 0.15) is 52.4 Å². The van der Waals surface area contributed by atoms with Crippen molar-refractivity contribution >= 4 is 5.97 Å². The molecular weight excluding hydrogens is 268 g/mol. The van der Waals surface area contributed by atoms with Crippen molar-refractivity contribution < 1.29 is 19.0 Å². The van der Waals surface area contributed by atoms with Crippen molar-refractivity contribution in [2.24, 2.45) is 0 Å². The first-order valence-corrected chi connectivity index (χ1v) is 7.57. The first-order chi connectivity index (χ1) is 9.98. The SMILES string of the molecule is C=C(C)C(=O)OC(C)(COC1=CCCC1)OC1=CCCC1. The first-order valence-electron chi connectivity index (χ1n) is 7.57. The van der Waals surface area contributed by atoms with E-state index in [1.54, 1.807) is 13.8 Å². The van der Waals surface area contributed by atoms with Crippen molar-refractivity contribution in [1.29, 1.82) is 0 Å². The molecule has 2 rings (SSSR count). The van der Waals surface area contributed by atoms with Crippen LogP contribution in [0, 0.1) is 0 Å². The molecule has 0 aromatic carbocycles. The maximum atomic E-state index is 11.8. The zero-order valence-electron chi connectivity index (χ0n) is 12.9. The molecule has 0 fully saturated rings. The third-order valence-electron chi connectivity index (χ3n) is 3.52. The zero-order valence-corrected chi connectivity index (χ0v) is 12.9. The maximum Gasteiger partial charge on any atom is 0.336 e. The summed E-state index contributed by atoms with van der Waals surface area (Å²) in [5.74, 6) is 0.253. The number of rotatable bonds is 7. The highest BCUT2D eigenvalue weighted by Gasteiger charge is 2.34. The molecule has 0 saturated heterocycles. The Morgan fingerprint density at radius 3 is 2.38 bits per heavy atom. The Hall–Kier alpha value is -1.71. The Labute approximate surface area is 126 Å². The van der Waals surface area contributed by atoms with Crippen molar-refractivity contribution in [3.05, 3.63) is 35.8 Å². The van der Waals surface area contributed by atoms with Crippen molar-refractivity contribution in [2.75, 3.05) is 6.61 Å². The lowest BCUT2D eigenvalue weighted by atomic mass is 10.3. The molecule has 0 saturated carbocycles. The van der Waals surface area contributed by atoms with Gasteiger partial charge in [0.05, 0.1) is 11.5 Å². The van der Waals surface area contributed by atoms with E-state index in [0.29, 0.717) is 5.57 Å². The van der Waals surface area contributed by atoms with Crippen molar-refractivity contribution in [3.8, 4) is 0 Å². The molecule has 0 N–H and O–H groups in total. The summed E-state index contributed by atoms with van der Waals surface area (Å²) in [6, 6.07) is 0. The van der Waals surface area contributed by atoms with Gasteiger partial charge in [-0.15, -0.1) is 0 Å². The van der Waals surface area contributed by atoms with Gasteiger partial charge < -0.3 is 14.2 Å². The van der Waals surface area contributed by atoms with Gasteiger partial charge in [0.2, 0.25) is 0 Å². The van der Waals surface area contributed by atoms with Crippen LogP contribution < -0.4 is 0 Å². The normalized spacial score (nSPS) is 20.3. The number of esters is 1. The van der Waals surface area contributed by atoms with Gasteiger partial charge in [-0.25, -0.2) is 4.79 Å². The van der Waals surface area contributed by atoms with Crippen LogP contribution in [0.25, 0.3) is 0 Å². The smallest absolute Gasteiger partial charge is 0.336 e. The van der Waals surface area contributed by atoms with Crippen molar-refractivity contribution in [1.82, 2.24) is 0 Å². The molecule has 0 heterocycles. The molecule has 0 bridgehead atoms. The third kappa shape index (κ3) is 4.66. The average molecular weight is 292 g/mol. The minimum Gasteiger partial charge on any atom is -0.490 e. The molecular formula is C17H24O4. The Balaban J connectivity index is 2.00. The van der Waals surface area contributed by atoms with E-state index >= 15 is 0 Å². The van der Waals surface area contributed by atoms with Gasteiger partial charge in [-0.2, -0.15) is 0 Å². The van der Waals surface area contributed by atoms with Gasteiger partial charge in [-0.3, -0.25) is 0 Å². The number of allylic oxidation sites excluding steroid dienone is 4. The summed E-state index contributed by atoms with van der Waals surface area (Å²) in [5.41, 5.74) is 0.352. The molecule has 0 amide bonds. The predicted octanol–water partition coefficient (Wildman–Crippen LogP) is 3.99. The standard InChI is InChI=1S/C17H24O4/c1-13(2)16(18)21-17(3,20-15-10-6-7-11-15)12-19-14-8-4-5-9-14/h8,10H,1,4-7,9,11-12H2,2-3H3. The highest BCUT2D eigenvalue weighted by molar-refractivity contribution is 5.87. The Kier molecular flexibility index (Phi) is 5.10. The summed E-state index contributed by atoms with van der Waals surface area (Å²) in [7, 11) is 0. The van der Waals surface area contributed by atoms with Crippen LogP contribution in [0.5, 0.6) is 0 Å². The van der Waals surface area contributed by atoms with E-state index in [1.165, 1.54) is 0 Å². The minimum atomic E-state index is -1.12. The first kappa shape index (κ1) is 15.7. The van der Waals surface area contributed by atoms with Crippen LogP contribution in [0.3, 0.4) is 0 Å². The lowest BCUT2D eigenvalue weighted by Crippen LogP contribution is -2.39. The third-order valence-corrected chi connectivity index (χ3v) is 3.52. The van der Waals surface area contributed by atoms with Gasteiger partial charge in [-0.05, 0) is 44.8 Å². The quantitative estimate of drug-likeness (QED) is 0.404. The van der Waals surface area contributed by atoms with E-state index < -0.39 is 11.8 Å². The Bertz CT molecular complexity index is 469. The van der Waals surface area contributed by atoms with E-state index in [-0.39, 0.29) is 6.61 Å². The second kappa shape index (κ2) is 6.83. The molecule has 21 heavy (non-hydrogen) atoms. The summed E-state index contributed by atoms with van der Waals surface area (Å²) < 4.78 is 17.1. The van der Waals surface area contributed by atoms with Gasteiger partial charge in [0.25, 0.3) is 5.79 Å². The van der Waals surface area contributed by atoms with Crippen LogP contribution in [-0.2, 0) is 19.0 Å². The fraction of sp³-hybridized carbons (Fsp3) is 0.588. The van der Waals surface area contributed by atoms with Gasteiger partial charge in [0.1, 0.15) is 0 Å². The lowest BCUT2D eigenvalue weighted by Gasteiger charge is -2.31. The molecule has 0 spiro atoms. The van der Waals surface area contributed by atoms with E-state index in [1.807, 2.05) is 6.08 Å². The lowest BCUT2D eigenvalue weighted by molar-refractivity contribution is -0.221. The topological polar surface area (TPSA) is 44.8 Å². The average Bonchev–Trinajstić information content (AvgIpc) is 3.08. The molecule has 2 aliphatic rings. The Morgan fingerprint density at radius 1 is 1.24 bits per heavy atom. The van der Waals surface area contributed by atoms with Gasteiger partial charge >= 0.3 is 5.97 Å². The fourth-order valence-corrected chi connectivity index (χ4v) is 2.37. The number of hydrogen-bond acceptors (Lipinski definition) is 4. The molecule has 0 aliphatic heterocycles. The second-order valence-corrected chi connectivity index (χ2v) is 5.82. The maximum absolute atomic E-state index is 11.8. The molecule has 0 aromatic rings.